The molecule has 96 valence electrons. The second-order valence-electron chi connectivity index (χ2n) is 4.10. The number of benzene rings is 1. The van der Waals surface area contributed by atoms with Crippen molar-refractivity contribution >= 4 is 31.9 Å². The molecule has 0 aliphatic heterocycles. The lowest BCUT2D eigenvalue weighted by Crippen LogP contribution is -2.05. The van der Waals surface area contributed by atoms with E-state index in [1.807, 2.05) is 29.8 Å². The number of rotatable bonds is 3. The highest BCUT2D eigenvalue weighted by molar-refractivity contribution is 9.10. The van der Waals surface area contributed by atoms with Crippen molar-refractivity contribution in [2.45, 2.75) is 20.4 Å². The van der Waals surface area contributed by atoms with Gasteiger partial charge >= 0.3 is 0 Å². The molecule has 1 aromatic heterocycles. The minimum atomic E-state index is 0.718. The molecule has 0 spiro atoms. The number of aryl methyl sites for hydroxylation is 1. The van der Waals surface area contributed by atoms with E-state index in [-0.39, 0.29) is 0 Å². The molecule has 0 aliphatic rings. The lowest BCUT2D eigenvalue weighted by Gasteiger charge is -2.09. The smallest absolute Gasteiger partial charge is 0.119 e. The van der Waals surface area contributed by atoms with Gasteiger partial charge in [0, 0.05) is 4.47 Å². The summed E-state index contributed by atoms with van der Waals surface area (Å²) in [5.74, 6) is 0.855. The van der Waals surface area contributed by atoms with Crippen LogP contribution in [0.15, 0.2) is 27.1 Å². The van der Waals surface area contributed by atoms with Gasteiger partial charge in [-0.1, -0.05) is 15.9 Å². The molecule has 0 fully saturated rings. The van der Waals surface area contributed by atoms with E-state index in [4.69, 9.17) is 4.74 Å². The maximum atomic E-state index is 5.25. The van der Waals surface area contributed by atoms with Crippen molar-refractivity contribution in [1.82, 2.24) is 9.78 Å². The van der Waals surface area contributed by atoms with Crippen molar-refractivity contribution in [3.05, 3.63) is 44.1 Å². The van der Waals surface area contributed by atoms with Crippen molar-refractivity contribution in [3.8, 4) is 5.75 Å². The van der Waals surface area contributed by atoms with E-state index in [0.717, 1.165) is 38.2 Å². The van der Waals surface area contributed by atoms with E-state index in [1.54, 1.807) is 7.11 Å². The number of halogens is 2. The fourth-order valence-electron chi connectivity index (χ4n) is 1.79. The Morgan fingerprint density at radius 1 is 1.28 bits per heavy atom. The first kappa shape index (κ1) is 13.6. The van der Waals surface area contributed by atoms with Crippen LogP contribution in [-0.2, 0) is 6.54 Å². The normalized spacial score (nSPS) is 10.7. The molecular formula is C13H14Br2N2O. The van der Waals surface area contributed by atoms with Crippen molar-refractivity contribution < 1.29 is 4.74 Å². The number of hydrogen-bond donors (Lipinski definition) is 0. The third kappa shape index (κ3) is 2.62. The monoisotopic (exact) mass is 372 g/mol. The molecule has 0 aliphatic carbocycles. The maximum Gasteiger partial charge on any atom is 0.119 e. The summed E-state index contributed by atoms with van der Waals surface area (Å²) in [4.78, 5) is 0. The lowest BCUT2D eigenvalue weighted by molar-refractivity contribution is 0.414. The molecule has 0 bridgehead atoms. The topological polar surface area (TPSA) is 27.1 Å². The zero-order valence-electron chi connectivity index (χ0n) is 10.5. The van der Waals surface area contributed by atoms with Gasteiger partial charge in [-0.15, -0.1) is 0 Å². The molecule has 5 heteroatoms. The van der Waals surface area contributed by atoms with E-state index >= 15 is 0 Å². The summed E-state index contributed by atoms with van der Waals surface area (Å²) in [6, 6.07) is 5.95. The van der Waals surface area contributed by atoms with Crippen LogP contribution in [-0.4, -0.2) is 16.9 Å². The van der Waals surface area contributed by atoms with Crippen molar-refractivity contribution in [2.75, 3.05) is 7.11 Å². The molecular weight excluding hydrogens is 360 g/mol. The third-order valence-electron chi connectivity index (χ3n) is 2.87. The van der Waals surface area contributed by atoms with Crippen LogP contribution in [0.5, 0.6) is 5.75 Å². The molecule has 0 N–H and O–H groups in total. The molecule has 0 amide bonds. The van der Waals surface area contributed by atoms with Crippen molar-refractivity contribution in [2.24, 2.45) is 0 Å². The number of aromatic nitrogens is 2. The van der Waals surface area contributed by atoms with Crippen LogP contribution >= 0.6 is 31.9 Å². The number of methoxy groups -OCH3 is 1. The summed E-state index contributed by atoms with van der Waals surface area (Å²) in [6.45, 7) is 4.77. The Morgan fingerprint density at radius 3 is 2.56 bits per heavy atom. The Bertz CT molecular complexity index is 579. The van der Waals surface area contributed by atoms with Crippen LogP contribution < -0.4 is 4.74 Å². The molecule has 0 saturated carbocycles. The molecule has 0 unspecified atom stereocenters. The van der Waals surface area contributed by atoms with E-state index in [0.29, 0.717) is 0 Å². The summed E-state index contributed by atoms with van der Waals surface area (Å²) in [6.07, 6.45) is 0. The third-order valence-corrected chi connectivity index (χ3v) is 4.79. The highest BCUT2D eigenvalue weighted by atomic mass is 79.9. The minimum absolute atomic E-state index is 0.718. The number of hydrogen-bond acceptors (Lipinski definition) is 2. The van der Waals surface area contributed by atoms with E-state index in [2.05, 4.69) is 43.9 Å². The predicted molar refractivity (Wildman–Crippen MR) is 79.2 cm³/mol. The highest BCUT2D eigenvalue weighted by Gasteiger charge is 2.10. The van der Waals surface area contributed by atoms with Crippen LogP contribution in [0.25, 0.3) is 0 Å². The SMILES string of the molecule is COc1ccc(Br)c(Cn2nc(C)c(Br)c2C)c1. The first-order chi connectivity index (χ1) is 8.52. The van der Waals surface area contributed by atoms with Gasteiger partial charge < -0.3 is 4.74 Å². The van der Waals surface area contributed by atoms with Gasteiger partial charge in [0.2, 0.25) is 0 Å². The van der Waals surface area contributed by atoms with Crippen LogP contribution in [0, 0.1) is 13.8 Å². The highest BCUT2D eigenvalue weighted by Crippen LogP contribution is 2.25. The standard InChI is InChI=1S/C13H14Br2N2O/c1-8-13(15)9(2)17(16-8)7-10-6-11(18-3)4-5-12(10)14/h4-6H,7H2,1-3H3. The van der Waals surface area contributed by atoms with Crippen molar-refractivity contribution in [1.29, 1.82) is 0 Å². The molecule has 3 nitrogen and oxygen atoms in total. The number of nitrogens with zero attached hydrogens (tertiary/aromatic N) is 2. The first-order valence-corrected chi connectivity index (χ1v) is 7.13. The Labute approximate surface area is 123 Å². The summed E-state index contributed by atoms with van der Waals surface area (Å²) >= 11 is 7.10. The Kier molecular flexibility index (Phi) is 4.12. The largest absolute Gasteiger partial charge is 0.497 e. The first-order valence-electron chi connectivity index (χ1n) is 5.55. The molecule has 2 rings (SSSR count). The summed E-state index contributed by atoms with van der Waals surface area (Å²) in [5, 5.41) is 4.51. The summed E-state index contributed by atoms with van der Waals surface area (Å²) < 4.78 is 9.36. The minimum Gasteiger partial charge on any atom is -0.497 e. The summed E-state index contributed by atoms with van der Waals surface area (Å²) in [7, 11) is 1.67. The van der Waals surface area contributed by atoms with E-state index < -0.39 is 0 Å². The maximum absolute atomic E-state index is 5.25. The molecule has 1 aromatic carbocycles. The second-order valence-corrected chi connectivity index (χ2v) is 5.75. The number of ether oxygens (including phenoxy) is 1. The van der Waals surface area contributed by atoms with Gasteiger partial charge in [0.15, 0.2) is 0 Å². The fraction of sp³-hybridized carbons (Fsp3) is 0.308. The van der Waals surface area contributed by atoms with Gasteiger partial charge in [-0.3, -0.25) is 4.68 Å². The molecule has 0 saturated heterocycles. The molecule has 2 aromatic rings. The van der Waals surface area contributed by atoms with Crippen LogP contribution in [0.1, 0.15) is 17.0 Å². The van der Waals surface area contributed by atoms with Crippen LogP contribution in [0.2, 0.25) is 0 Å². The van der Waals surface area contributed by atoms with Gasteiger partial charge in [-0.2, -0.15) is 5.10 Å². The molecule has 18 heavy (non-hydrogen) atoms. The summed E-state index contributed by atoms with van der Waals surface area (Å²) in [5.41, 5.74) is 3.28. The lowest BCUT2D eigenvalue weighted by atomic mass is 10.2. The van der Waals surface area contributed by atoms with Gasteiger partial charge in [0.1, 0.15) is 5.75 Å². The molecule has 0 radical (unpaired) electrons. The zero-order valence-corrected chi connectivity index (χ0v) is 13.7. The van der Waals surface area contributed by atoms with E-state index in [9.17, 15) is 0 Å². The van der Waals surface area contributed by atoms with Gasteiger partial charge in [0.05, 0.1) is 29.5 Å². The van der Waals surface area contributed by atoms with Crippen molar-refractivity contribution in [3.63, 3.8) is 0 Å². The quantitative estimate of drug-likeness (QED) is 0.810. The zero-order chi connectivity index (χ0) is 13.3. The average molecular weight is 374 g/mol. The van der Waals surface area contributed by atoms with Gasteiger partial charge in [-0.05, 0) is 53.5 Å². The Balaban J connectivity index is 2.36. The average Bonchev–Trinajstić information content (AvgIpc) is 2.60. The predicted octanol–water partition coefficient (Wildman–Crippen LogP) is 4.08. The van der Waals surface area contributed by atoms with E-state index in [1.165, 1.54) is 0 Å². The molecule has 1 heterocycles. The Morgan fingerprint density at radius 2 is 2.00 bits per heavy atom. The molecule has 0 atom stereocenters. The van der Waals surface area contributed by atoms with Crippen LogP contribution in [0.4, 0.5) is 0 Å². The Hall–Kier alpha value is -0.810. The van der Waals surface area contributed by atoms with Gasteiger partial charge in [-0.25, -0.2) is 0 Å². The van der Waals surface area contributed by atoms with Crippen LogP contribution in [0.3, 0.4) is 0 Å². The fourth-order valence-corrected chi connectivity index (χ4v) is 2.45. The second kappa shape index (κ2) is 5.45. The van der Waals surface area contributed by atoms with Gasteiger partial charge in [0.25, 0.3) is 0 Å².